The summed E-state index contributed by atoms with van der Waals surface area (Å²) < 4.78 is 5.24. The summed E-state index contributed by atoms with van der Waals surface area (Å²) in [4.78, 5) is 30.6. The normalized spacial score (nSPS) is 14.0. The first-order valence-corrected chi connectivity index (χ1v) is 10.8. The lowest BCUT2D eigenvalue weighted by molar-refractivity contribution is -0.127. The Morgan fingerprint density at radius 1 is 1.19 bits per heavy atom. The maximum absolute atomic E-state index is 12.4. The van der Waals surface area contributed by atoms with Crippen LogP contribution in [-0.4, -0.2) is 48.9 Å². The van der Waals surface area contributed by atoms with Crippen LogP contribution in [0.2, 0.25) is 0 Å². The minimum atomic E-state index is -0.149. The first-order chi connectivity index (χ1) is 15.2. The molecule has 3 N–H and O–H groups in total. The smallest absolute Gasteiger partial charge is 0.251 e. The van der Waals surface area contributed by atoms with Crippen molar-refractivity contribution in [2.75, 3.05) is 26.2 Å². The molecular weight excluding hydrogens is 394 g/mol. The molecule has 0 bridgehead atoms. The summed E-state index contributed by atoms with van der Waals surface area (Å²) in [6, 6.07) is 11.1. The van der Waals surface area contributed by atoms with E-state index in [1.807, 2.05) is 36.1 Å². The monoisotopic (exact) mass is 425 g/mol. The fourth-order valence-corrected chi connectivity index (χ4v) is 3.42. The lowest BCUT2D eigenvalue weighted by Crippen LogP contribution is -2.39. The number of nitrogens with zero attached hydrogens (tertiary/aromatic N) is 2. The summed E-state index contributed by atoms with van der Waals surface area (Å²) >= 11 is 0. The molecule has 0 saturated carbocycles. The maximum atomic E-state index is 12.4. The molecule has 8 heteroatoms. The van der Waals surface area contributed by atoms with Crippen molar-refractivity contribution in [3.63, 3.8) is 0 Å². The highest BCUT2D eigenvalue weighted by molar-refractivity contribution is 5.94. The Kier molecular flexibility index (Phi) is 8.51. The molecule has 1 aromatic heterocycles. The van der Waals surface area contributed by atoms with E-state index in [4.69, 9.17) is 4.42 Å². The fourth-order valence-electron chi connectivity index (χ4n) is 3.42. The molecule has 1 fully saturated rings. The number of likely N-dealkylation sites (tertiary alicyclic amines) is 1. The van der Waals surface area contributed by atoms with Crippen LogP contribution in [0.25, 0.3) is 0 Å². The third kappa shape index (κ3) is 7.16. The van der Waals surface area contributed by atoms with Crippen LogP contribution in [0, 0.1) is 0 Å². The van der Waals surface area contributed by atoms with Crippen molar-refractivity contribution in [1.29, 1.82) is 0 Å². The first kappa shape index (κ1) is 22.4. The molecule has 1 aromatic carbocycles. The first-order valence-electron chi connectivity index (χ1n) is 10.8. The molecule has 0 unspecified atom stereocenters. The van der Waals surface area contributed by atoms with E-state index in [0.29, 0.717) is 30.8 Å². The molecule has 1 saturated heterocycles. The molecule has 2 aromatic rings. The largest absolute Gasteiger partial charge is 0.467 e. The van der Waals surface area contributed by atoms with Crippen LogP contribution in [0.4, 0.5) is 0 Å². The molecule has 2 heterocycles. The SMILES string of the molecule is CCNC(=NCc1cccc(C(=O)NCc2ccco2)c1)NCCCN1CCCC1=O. The van der Waals surface area contributed by atoms with Crippen LogP contribution >= 0.6 is 0 Å². The highest BCUT2D eigenvalue weighted by atomic mass is 16.3. The van der Waals surface area contributed by atoms with E-state index in [9.17, 15) is 9.59 Å². The number of amides is 2. The molecule has 8 nitrogen and oxygen atoms in total. The second-order valence-electron chi connectivity index (χ2n) is 7.42. The quantitative estimate of drug-likeness (QED) is 0.308. The Morgan fingerprint density at radius 2 is 2.10 bits per heavy atom. The van der Waals surface area contributed by atoms with Crippen LogP contribution in [0.3, 0.4) is 0 Å². The number of rotatable bonds is 10. The van der Waals surface area contributed by atoms with Crippen LogP contribution < -0.4 is 16.0 Å². The number of guanidine groups is 1. The van der Waals surface area contributed by atoms with Crippen molar-refractivity contribution in [2.45, 2.75) is 39.3 Å². The lowest BCUT2D eigenvalue weighted by Gasteiger charge is -2.16. The zero-order chi connectivity index (χ0) is 21.9. The summed E-state index contributed by atoms with van der Waals surface area (Å²) in [6.45, 7) is 5.98. The zero-order valence-electron chi connectivity index (χ0n) is 18.0. The summed E-state index contributed by atoms with van der Waals surface area (Å²) in [5.41, 5.74) is 1.54. The highest BCUT2D eigenvalue weighted by Gasteiger charge is 2.18. The van der Waals surface area contributed by atoms with Crippen molar-refractivity contribution < 1.29 is 14.0 Å². The Labute approximate surface area is 183 Å². The number of hydrogen-bond donors (Lipinski definition) is 3. The summed E-state index contributed by atoms with van der Waals surface area (Å²) in [5, 5.41) is 9.40. The van der Waals surface area contributed by atoms with E-state index in [1.54, 1.807) is 18.4 Å². The van der Waals surface area contributed by atoms with Crippen LogP contribution in [0.15, 0.2) is 52.1 Å². The highest BCUT2D eigenvalue weighted by Crippen LogP contribution is 2.10. The zero-order valence-corrected chi connectivity index (χ0v) is 18.0. The van der Waals surface area contributed by atoms with Gasteiger partial charge in [-0.25, -0.2) is 4.99 Å². The van der Waals surface area contributed by atoms with Gasteiger partial charge in [0, 0.05) is 38.2 Å². The third-order valence-electron chi connectivity index (χ3n) is 5.03. The van der Waals surface area contributed by atoms with E-state index >= 15 is 0 Å². The standard InChI is InChI=1S/C23H31N5O3/c1-2-24-23(25-11-6-13-28-12-4-10-21(28)29)27-16-18-7-3-8-19(15-18)22(30)26-17-20-9-5-14-31-20/h3,5,7-9,14-15H,2,4,6,10-13,16-17H2,1H3,(H,26,30)(H2,24,25,27). The van der Waals surface area contributed by atoms with Gasteiger partial charge >= 0.3 is 0 Å². The van der Waals surface area contributed by atoms with Crippen LogP contribution in [0.5, 0.6) is 0 Å². The lowest BCUT2D eigenvalue weighted by atomic mass is 10.1. The Bertz CT molecular complexity index is 879. The van der Waals surface area contributed by atoms with Crippen LogP contribution in [0.1, 0.15) is 47.9 Å². The minimum absolute atomic E-state index is 0.149. The van der Waals surface area contributed by atoms with Gasteiger partial charge in [0.1, 0.15) is 5.76 Å². The second-order valence-corrected chi connectivity index (χ2v) is 7.42. The van der Waals surface area contributed by atoms with Gasteiger partial charge in [-0.3, -0.25) is 9.59 Å². The summed E-state index contributed by atoms with van der Waals surface area (Å²) in [7, 11) is 0. The van der Waals surface area contributed by atoms with E-state index < -0.39 is 0 Å². The van der Waals surface area contributed by atoms with Gasteiger partial charge in [-0.1, -0.05) is 12.1 Å². The van der Waals surface area contributed by atoms with Gasteiger partial charge in [0.2, 0.25) is 5.91 Å². The van der Waals surface area contributed by atoms with Crippen molar-refractivity contribution in [3.05, 3.63) is 59.5 Å². The molecule has 31 heavy (non-hydrogen) atoms. The number of carbonyl (C=O) groups is 2. The molecule has 0 radical (unpaired) electrons. The number of hydrogen-bond acceptors (Lipinski definition) is 4. The van der Waals surface area contributed by atoms with Crippen molar-refractivity contribution in [1.82, 2.24) is 20.9 Å². The number of aliphatic imine (C=N–C) groups is 1. The average Bonchev–Trinajstić information content (AvgIpc) is 3.45. The second kappa shape index (κ2) is 11.8. The molecule has 3 rings (SSSR count). The molecule has 0 spiro atoms. The third-order valence-corrected chi connectivity index (χ3v) is 5.03. The number of benzene rings is 1. The maximum Gasteiger partial charge on any atom is 0.251 e. The van der Waals surface area contributed by atoms with Gasteiger partial charge in [0.05, 0.1) is 19.4 Å². The van der Waals surface area contributed by atoms with E-state index in [-0.39, 0.29) is 11.8 Å². The van der Waals surface area contributed by atoms with Gasteiger partial charge in [-0.15, -0.1) is 0 Å². The topological polar surface area (TPSA) is 99.0 Å². The molecule has 2 amide bonds. The predicted octanol–water partition coefficient (Wildman–Crippen LogP) is 2.28. The number of furan rings is 1. The molecule has 166 valence electrons. The van der Waals surface area contributed by atoms with Crippen LogP contribution in [-0.2, 0) is 17.9 Å². The molecule has 0 atom stereocenters. The Hall–Kier alpha value is -3.29. The van der Waals surface area contributed by atoms with E-state index in [2.05, 4.69) is 20.9 Å². The minimum Gasteiger partial charge on any atom is -0.467 e. The molecule has 0 aliphatic carbocycles. The van der Waals surface area contributed by atoms with Gasteiger partial charge in [0.25, 0.3) is 5.91 Å². The average molecular weight is 426 g/mol. The fraction of sp³-hybridized carbons (Fsp3) is 0.435. The molecule has 1 aliphatic heterocycles. The van der Waals surface area contributed by atoms with Gasteiger partial charge in [-0.2, -0.15) is 0 Å². The summed E-state index contributed by atoms with van der Waals surface area (Å²) in [5.74, 6) is 1.55. The predicted molar refractivity (Wildman–Crippen MR) is 120 cm³/mol. The Balaban J connectivity index is 1.48. The Morgan fingerprint density at radius 3 is 2.84 bits per heavy atom. The van der Waals surface area contributed by atoms with Gasteiger partial charge in [0.15, 0.2) is 5.96 Å². The van der Waals surface area contributed by atoms with Crippen molar-refractivity contribution in [2.24, 2.45) is 4.99 Å². The number of nitrogens with one attached hydrogen (secondary N) is 3. The van der Waals surface area contributed by atoms with E-state index in [0.717, 1.165) is 50.5 Å². The molecule has 1 aliphatic rings. The van der Waals surface area contributed by atoms with Crippen molar-refractivity contribution in [3.8, 4) is 0 Å². The van der Waals surface area contributed by atoms with Crippen molar-refractivity contribution >= 4 is 17.8 Å². The summed E-state index contributed by atoms with van der Waals surface area (Å²) in [6.07, 6.45) is 4.11. The van der Waals surface area contributed by atoms with E-state index in [1.165, 1.54) is 0 Å². The number of carbonyl (C=O) groups excluding carboxylic acids is 2. The van der Waals surface area contributed by atoms with Gasteiger partial charge in [-0.05, 0) is 49.6 Å². The van der Waals surface area contributed by atoms with Gasteiger partial charge < -0.3 is 25.3 Å². The molecular formula is C23H31N5O3.